The van der Waals surface area contributed by atoms with Gasteiger partial charge in [-0.05, 0) is 248 Å². The monoisotopic (exact) mass is 1560 g/mol. The van der Waals surface area contributed by atoms with E-state index in [0.717, 1.165) is 132 Å². The van der Waals surface area contributed by atoms with Gasteiger partial charge in [-0.1, -0.05) is 89.3 Å². The molecule has 0 bridgehead atoms. The molecule has 21 heteroatoms. The fourth-order valence-electron chi connectivity index (χ4n) is 14.5. The number of ether oxygens (including phenoxy) is 4. The lowest BCUT2D eigenvalue weighted by Gasteiger charge is -2.28. The van der Waals surface area contributed by atoms with E-state index in [4.69, 9.17) is 79.9 Å². The van der Waals surface area contributed by atoms with Gasteiger partial charge in [0.25, 0.3) is 0 Å². The average molecular weight is 1560 g/mol. The molecule has 4 aromatic carbocycles. The van der Waals surface area contributed by atoms with E-state index in [1.807, 2.05) is 87.1 Å². The molecule has 0 N–H and O–H groups in total. The summed E-state index contributed by atoms with van der Waals surface area (Å²) in [5.41, 5.74) is 7.52. The Labute approximate surface area is 667 Å². The number of aromatic nitrogens is 5. The van der Waals surface area contributed by atoms with Gasteiger partial charge in [-0.3, -0.25) is 34.0 Å². The maximum Gasteiger partial charge on any atom is 0.181 e. The average Bonchev–Trinajstić information content (AvgIpc) is 1.83. The minimum atomic E-state index is -0.483. The highest BCUT2D eigenvalue weighted by molar-refractivity contribution is 6.32. The maximum atomic E-state index is 14.3. The third-order valence-corrected chi connectivity index (χ3v) is 22.2. The Morgan fingerprint density at radius 3 is 1.29 bits per heavy atom. The van der Waals surface area contributed by atoms with Crippen molar-refractivity contribution in [1.29, 1.82) is 21.0 Å². The van der Waals surface area contributed by atoms with Gasteiger partial charge in [0.2, 0.25) is 0 Å². The third kappa shape index (κ3) is 25.0. The van der Waals surface area contributed by atoms with Crippen molar-refractivity contribution in [3.05, 3.63) is 222 Å². The van der Waals surface area contributed by atoms with E-state index in [9.17, 15) is 23.2 Å². The normalized spacial score (nSPS) is 19.4. The van der Waals surface area contributed by atoms with Crippen molar-refractivity contribution in [2.75, 3.05) is 0 Å². The van der Waals surface area contributed by atoms with E-state index in [1.165, 1.54) is 30.2 Å². The van der Waals surface area contributed by atoms with Crippen LogP contribution in [0.3, 0.4) is 0 Å². The van der Waals surface area contributed by atoms with Gasteiger partial charge in [0.05, 0.1) is 84.8 Å². The van der Waals surface area contributed by atoms with E-state index in [-0.39, 0.29) is 71.0 Å². The molecule has 4 aliphatic rings. The van der Waals surface area contributed by atoms with E-state index in [0.29, 0.717) is 115 Å². The first-order chi connectivity index (χ1) is 53.3. The Bertz CT molecular complexity index is 4640. The molecule has 4 aliphatic carbocycles. The highest BCUT2D eigenvalue weighted by Gasteiger charge is 2.31. The number of carbonyl (C=O) groups is 3. The second kappa shape index (κ2) is 41.6. The zero-order valence-electron chi connectivity index (χ0n) is 65.0. The molecule has 4 fully saturated rings. The number of rotatable bonds is 23. The number of hydrogen-bond donors (Lipinski definition) is 0. The molecule has 4 saturated carbocycles. The van der Waals surface area contributed by atoms with Crippen LogP contribution in [0.1, 0.15) is 296 Å². The summed E-state index contributed by atoms with van der Waals surface area (Å²) in [5, 5.41) is 41.9. The molecule has 0 amide bonds. The summed E-state index contributed by atoms with van der Waals surface area (Å²) in [6.45, 7) is 18.2. The lowest BCUT2D eigenvalue weighted by Crippen LogP contribution is -2.25. The Hall–Kier alpha value is -9.56. The first-order valence-electron chi connectivity index (χ1n) is 39.0. The van der Waals surface area contributed by atoms with Crippen molar-refractivity contribution < 1.29 is 42.1 Å². The number of hydrogen-bond acceptors (Lipinski definition) is 15. The minimum absolute atomic E-state index is 0.0135. The zero-order chi connectivity index (χ0) is 79.8. The van der Waals surface area contributed by atoms with Crippen LogP contribution in [0.5, 0.6) is 23.0 Å². The molecule has 582 valence electrons. The van der Waals surface area contributed by atoms with Crippen LogP contribution in [0, 0.1) is 74.7 Å². The predicted octanol–water partition coefficient (Wildman–Crippen LogP) is 23.1. The molecular formula is C90H100Cl3F2N9O7. The quantitative estimate of drug-likeness (QED) is 0.0541. The minimum Gasteiger partial charge on any atom is -0.490 e. The van der Waals surface area contributed by atoms with Crippen molar-refractivity contribution in [1.82, 2.24) is 24.7 Å². The maximum absolute atomic E-state index is 14.3. The summed E-state index contributed by atoms with van der Waals surface area (Å²) in [4.78, 5) is 50.3. The number of pyridine rings is 3. The molecule has 111 heavy (non-hydrogen) atoms. The summed E-state index contributed by atoms with van der Waals surface area (Å²) < 4.78 is 54.6. The predicted molar refractivity (Wildman–Crippen MR) is 428 cm³/mol. The summed E-state index contributed by atoms with van der Waals surface area (Å²) in [6, 6.07) is 38.6. The first-order valence-corrected chi connectivity index (χ1v) is 40.1. The van der Waals surface area contributed by atoms with E-state index < -0.39 is 11.6 Å². The molecule has 0 unspecified atom stereocenters. The van der Waals surface area contributed by atoms with Crippen molar-refractivity contribution in [3.63, 3.8) is 0 Å². The van der Waals surface area contributed by atoms with Crippen molar-refractivity contribution in [2.24, 2.45) is 17.8 Å². The van der Waals surface area contributed by atoms with Gasteiger partial charge >= 0.3 is 0 Å². The molecule has 0 spiro atoms. The third-order valence-electron chi connectivity index (χ3n) is 21.3. The van der Waals surface area contributed by atoms with Crippen molar-refractivity contribution >= 4 is 52.2 Å². The lowest BCUT2D eigenvalue weighted by atomic mass is 9.83. The van der Waals surface area contributed by atoms with Crippen molar-refractivity contribution in [2.45, 2.75) is 245 Å². The lowest BCUT2D eigenvalue weighted by molar-refractivity contribution is 0.0892. The number of halogens is 5. The molecule has 0 radical (unpaired) electrons. The SMILES string of the molecule is CC(C)c1cc(F)c(C(=O)CC2CCC(Oc3ccc(C#N)c(Cl)c3)CC2)cn1.CC(C)c1ccc(C(=O)CC2CCC(Oc3ccc(C#N)c(Cl)c3)CC2)nc1.CC(C)c1ncc(C(=O)CC2CCC(Oc3ccc(C#N)c(Cl)c3)CC2)cc1F.CCc1cc(OC2CCC(c3ccn(C(C)C)n3)CC2)ccc1C#N. The van der Waals surface area contributed by atoms with Crippen LogP contribution < -0.4 is 18.9 Å². The molecule has 16 nitrogen and oxygen atoms in total. The summed E-state index contributed by atoms with van der Waals surface area (Å²) in [5.74, 6) is 3.79. The fourth-order valence-corrected chi connectivity index (χ4v) is 15.2. The Kier molecular flexibility index (Phi) is 32.1. The van der Waals surface area contributed by atoms with Gasteiger partial charge in [0, 0.05) is 85.5 Å². The van der Waals surface area contributed by atoms with Crippen LogP contribution in [-0.4, -0.2) is 66.5 Å². The number of aryl methyl sites for hydroxylation is 1. The Morgan fingerprint density at radius 2 is 0.910 bits per heavy atom. The summed E-state index contributed by atoms with van der Waals surface area (Å²) in [6.07, 6.45) is 24.3. The van der Waals surface area contributed by atoms with E-state index in [1.54, 1.807) is 54.6 Å². The molecule has 4 aromatic heterocycles. The van der Waals surface area contributed by atoms with Gasteiger partial charge in [0.1, 0.15) is 58.5 Å². The number of ketones is 3. The van der Waals surface area contributed by atoms with Crippen LogP contribution in [0.4, 0.5) is 8.78 Å². The van der Waals surface area contributed by atoms with Gasteiger partial charge in [0.15, 0.2) is 17.3 Å². The van der Waals surface area contributed by atoms with Crippen LogP contribution in [-0.2, 0) is 6.42 Å². The number of carbonyl (C=O) groups excluding carboxylic acids is 3. The molecule has 8 aromatic rings. The van der Waals surface area contributed by atoms with Gasteiger partial charge in [-0.25, -0.2) is 8.78 Å². The van der Waals surface area contributed by atoms with Crippen molar-refractivity contribution in [3.8, 4) is 47.3 Å². The number of nitriles is 4. The highest BCUT2D eigenvalue weighted by atomic mass is 35.5. The van der Waals surface area contributed by atoms with Crippen LogP contribution in [0.15, 0.2) is 128 Å². The topological polar surface area (TPSA) is 240 Å². The second-order valence-electron chi connectivity index (χ2n) is 30.7. The van der Waals surface area contributed by atoms with Gasteiger partial charge in [-0.15, -0.1) is 0 Å². The summed E-state index contributed by atoms with van der Waals surface area (Å²) in [7, 11) is 0. The van der Waals surface area contributed by atoms with Crippen LogP contribution >= 0.6 is 34.8 Å². The van der Waals surface area contributed by atoms with Crippen LogP contribution in [0.2, 0.25) is 15.1 Å². The summed E-state index contributed by atoms with van der Waals surface area (Å²) >= 11 is 18.2. The Balaban J connectivity index is 0.000000170. The van der Waals surface area contributed by atoms with Crippen LogP contribution in [0.25, 0.3) is 0 Å². The molecule has 0 atom stereocenters. The first kappa shape index (κ1) is 85.4. The van der Waals surface area contributed by atoms with Gasteiger partial charge in [-0.2, -0.15) is 26.1 Å². The molecule has 4 heterocycles. The fraction of sp³-hybridized carbons (Fsp3) is 0.456. The number of Topliss-reactive ketones (excluding diaryl/α,β-unsaturated/α-hetero) is 3. The van der Waals surface area contributed by atoms with Gasteiger partial charge < -0.3 is 18.9 Å². The molecule has 0 saturated heterocycles. The molecule has 12 rings (SSSR count). The zero-order valence-corrected chi connectivity index (χ0v) is 67.2. The largest absolute Gasteiger partial charge is 0.490 e. The Morgan fingerprint density at radius 1 is 0.468 bits per heavy atom. The highest BCUT2D eigenvalue weighted by Crippen LogP contribution is 2.38. The van der Waals surface area contributed by atoms with E-state index in [2.05, 4.69) is 67.9 Å². The molecular weight excluding hydrogens is 1460 g/mol. The standard InChI is InChI=1S/2C23H24ClFN2O2.C23H25ClN2O2.C21H27N3O/c1-14(2)23-21(25)10-17(13-27-23)22(28)9-15-3-6-18(7-4-15)29-19-8-5-16(12-26)20(24)11-19;1-14(2)22-11-21(25)19(13-27-22)23(28)9-15-3-6-17(7-4-15)29-18-8-5-16(12-26)20(24)10-18;1-15(2)18-6-10-22(26-14-18)23(27)11-16-3-7-19(8-4-16)28-20-9-5-17(13-25)21(24)12-20;1-4-16-13-20(10-7-18(16)14-22)25-19-8-5-17(6-9-19)21-11-12-24(23-21)15(2)3/h5,8,10-11,13-15,18H,3-4,6-7,9H2,1-2H3;5,8,10-11,13-15,17H,3-4,6-7,9H2,1-2H3;5-6,9-10,12,14-16,19H,3-4,7-8,11H2,1-2H3;7,10-13,15,17,19H,4-6,8-9H2,1-3H3. The number of nitrogens with zero attached hydrogens (tertiary/aromatic N) is 9. The number of benzene rings is 4. The smallest absolute Gasteiger partial charge is 0.181 e. The second-order valence-corrected chi connectivity index (χ2v) is 32.0. The van der Waals surface area contributed by atoms with E-state index >= 15 is 0 Å². The molecule has 0 aliphatic heterocycles.